The fourth-order valence-electron chi connectivity index (χ4n) is 3.11. The van der Waals surface area contributed by atoms with E-state index in [9.17, 15) is 4.79 Å². The normalized spacial score (nSPS) is 14.3. The van der Waals surface area contributed by atoms with Crippen molar-refractivity contribution in [1.29, 1.82) is 0 Å². The number of methoxy groups -OCH3 is 2. The van der Waals surface area contributed by atoms with Crippen LogP contribution in [0.25, 0.3) is 0 Å². The molecule has 7 nitrogen and oxygen atoms in total. The lowest BCUT2D eigenvalue weighted by Gasteiger charge is -2.28. The van der Waals surface area contributed by atoms with E-state index in [1.165, 1.54) is 0 Å². The van der Waals surface area contributed by atoms with Crippen LogP contribution in [-0.2, 0) is 19.5 Å². The van der Waals surface area contributed by atoms with Crippen molar-refractivity contribution in [2.24, 2.45) is 0 Å². The summed E-state index contributed by atoms with van der Waals surface area (Å²) in [6.45, 7) is 4.10. The average Bonchev–Trinajstić information content (AvgIpc) is 2.56. The minimum atomic E-state index is -0.152. The first-order chi connectivity index (χ1) is 11.5. The van der Waals surface area contributed by atoms with Gasteiger partial charge in [0, 0.05) is 37.7 Å². The van der Waals surface area contributed by atoms with E-state index in [1.807, 2.05) is 19.1 Å². The summed E-state index contributed by atoms with van der Waals surface area (Å²) in [6, 6.07) is 3.88. The van der Waals surface area contributed by atoms with Crippen LogP contribution in [0.5, 0.6) is 11.5 Å². The van der Waals surface area contributed by atoms with Crippen LogP contribution in [0.4, 0.5) is 5.95 Å². The number of nitrogens with two attached hydrogens (primary N) is 1. The first-order valence-electron chi connectivity index (χ1n) is 7.83. The first-order valence-corrected chi connectivity index (χ1v) is 7.83. The second-order valence-electron chi connectivity index (χ2n) is 5.96. The highest BCUT2D eigenvalue weighted by Gasteiger charge is 2.22. The van der Waals surface area contributed by atoms with Gasteiger partial charge in [0.2, 0.25) is 5.95 Å². The lowest BCUT2D eigenvalue weighted by molar-refractivity contribution is 0.237. The number of aryl methyl sites for hydroxylation is 1. The van der Waals surface area contributed by atoms with Crippen molar-refractivity contribution >= 4 is 5.95 Å². The Morgan fingerprint density at radius 2 is 2.12 bits per heavy atom. The van der Waals surface area contributed by atoms with Crippen LogP contribution in [0.2, 0.25) is 0 Å². The maximum Gasteiger partial charge on any atom is 0.257 e. The van der Waals surface area contributed by atoms with Crippen molar-refractivity contribution in [3.05, 3.63) is 44.9 Å². The molecule has 24 heavy (non-hydrogen) atoms. The van der Waals surface area contributed by atoms with Crippen LogP contribution >= 0.6 is 0 Å². The predicted molar refractivity (Wildman–Crippen MR) is 91.4 cm³/mol. The molecule has 1 aromatic carbocycles. The van der Waals surface area contributed by atoms with Gasteiger partial charge in [-0.2, -0.15) is 0 Å². The zero-order chi connectivity index (χ0) is 17.3. The summed E-state index contributed by atoms with van der Waals surface area (Å²) < 4.78 is 10.8. The molecule has 128 valence electrons. The fraction of sp³-hybridized carbons (Fsp3) is 0.412. The Kier molecular flexibility index (Phi) is 4.44. The molecule has 3 rings (SSSR count). The molecule has 0 amide bonds. The molecule has 0 atom stereocenters. The number of hydrogen-bond donors (Lipinski definition) is 2. The fourth-order valence-corrected chi connectivity index (χ4v) is 3.11. The van der Waals surface area contributed by atoms with Crippen molar-refractivity contribution in [2.45, 2.75) is 26.4 Å². The number of nitrogen functional groups attached to an aromatic ring is 1. The molecule has 2 aromatic rings. The van der Waals surface area contributed by atoms with E-state index in [2.05, 4.69) is 14.9 Å². The number of ether oxygens (including phenoxy) is 2. The number of hydrogen-bond acceptors (Lipinski definition) is 6. The number of nitrogens with one attached hydrogen (secondary N) is 1. The smallest absolute Gasteiger partial charge is 0.257 e. The minimum Gasteiger partial charge on any atom is -0.497 e. The predicted octanol–water partition coefficient (Wildman–Crippen LogP) is 1.24. The van der Waals surface area contributed by atoms with Crippen LogP contribution < -0.4 is 20.8 Å². The van der Waals surface area contributed by atoms with Crippen LogP contribution in [-0.4, -0.2) is 35.6 Å². The van der Waals surface area contributed by atoms with Crippen LogP contribution in [0.1, 0.15) is 22.4 Å². The number of nitrogens with zero attached hydrogens (tertiary/aromatic N) is 2. The lowest BCUT2D eigenvalue weighted by Crippen LogP contribution is -2.35. The highest BCUT2D eigenvalue weighted by Crippen LogP contribution is 2.30. The first kappa shape index (κ1) is 16.3. The zero-order valence-corrected chi connectivity index (χ0v) is 14.2. The Labute approximate surface area is 140 Å². The van der Waals surface area contributed by atoms with Gasteiger partial charge in [0.1, 0.15) is 11.5 Å². The quantitative estimate of drug-likeness (QED) is 0.876. The Hall–Kier alpha value is -2.54. The van der Waals surface area contributed by atoms with Gasteiger partial charge in [0.15, 0.2) is 0 Å². The van der Waals surface area contributed by atoms with Gasteiger partial charge in [-0.05, 0) is 18.6 Å². The molecule has 3 N–H and O–H groups in total. The molecule has 0 spiro atoms. The number of fused-ring (bicyclic) bond motifs is 1. The Balaban J connectivity index is 1.87. The SMILES string of the molecule is COc1cc(C)c(CN2CCc3nc(N)[nH]c(=O)c3C2)c(OC)c1. The summed E-state index contributed by atoms with van der Waals surface area (Å²) in [5.41, 5.74) is 9.15. The third kappa shape index (κ3) is 3.07. The highest BCUT2D eigenvalue weighted by molar-refractivity contribution is 5.46. The molecule has 1 aromatic heterocycles. The standard InChI is InChI=1S/C17H22N4O3/c1-10-6-11(23-2)7-15(24-3)12(10)8-21-5-4-14-13(9-21)16(22)20-17(18)19-14/h6-7H,4-5,8-9H2,1-3H3,(H3,18,19,20,22). The molecule has 0 unspecified atom stereocenters. The molecule has 1 aliphatic rings. The molecule has 0 aliphatic carbocycles. The number of benzene rings is 1. The zero-order valence-electron chi connectivity index (χ0n) is 14.2. The summed E-state index contributed by atoms with van der Waals surface area (Å²) in [7, 11) is 3.29. The Morgan fingerprint density at radius 1 is 1.33 bits per heavy atom. The van der Waals surface area contributed by atoms with Crippen molar-refractivity contribution in [3.8, 4) is 11.5 Å². The Morgan fingerprint density at radius 3 is 2.83 bits per heavy atom. The monoisotopic (exact) mass is 330 g/mol. The van der Waals surface area contributed by atoms with Gasteiger partial charge in [-0.25, -0.2) is 4.98 Å². The molecular formula is C17H22N4O3. The number of aromatic amines is 1. The summed E-state index contributed by atoms with van der Waals surface area (Å²) in [4.78, 5) is 21.1. The van der Waals surface area contributed by atoms with E-state index in [0.717, 1.165) is 34.9 Å². The minimum absolute atomic E-state index is 0.152. The van der Waals surface area contributed by atoms with Crippen molar-refractivity contribution in [2.75, 3.05) is 26.5 Å². The largest absolute Gasteiger partial charge is 0.497 e. The summed E-state index contributed by atoms with van der Waals surface area (Å²) >= 11 is 0. The second kappa shape index (κ2) is 6.52. The van der Waals surface area contributed by atoms with Crippen LogP contribution in [0.15, 0.2) is 16.9 Å². The van der Waals surface area contributed by atoms with Gasteiger partial charge in [0.25, 0.3) is 5.56 Å². The van der Waals surface area contributed by atoms with Gasteiger partial charge in [-0.15, -0.1) is 0 Å². The van der Waals surface area contributed by atoms with Gasteiger partial charge >= 0.3 is 0 Å². The number of anilines is 1. The highest BCUT2D eigenvalue weighted by atomic mass is 16.5. The molecule has 7 heteroatoms. The summed E-state index contributed by atoms with van der Waals surface area (Å²) in [6.07, 6.45) is 0.709. The van der Waals surface area contributed by atoms with Gasteiger partial charge in [-0.3, -0.25) is 14.7 Å². The summed E-state index contributed by atoms with van der Waals surface area (Å²) in [5, 5.41) is 0. The van der Waals surface area contributed by atoms with E-state index < -0.39 is 0 Å². The average molecular weight is 330 g/mol. The lowest BCUT2D eigenvalue weighted by atomic mass is 10.0. The van der Waals surface area contributed by atoms with Gasteiger partial charge in [0.05, 0.1) is 25.5 Å². The summed E-state index contributed by atoms with van der Waals surface area (Å²) in [5.74, 6) is 1.75. The van der Waals surface area contributed by atoms with Gasteiger partial charge in [-0.1, -0.05) is 0 Å². The van der Waals surface area contributed by atoms with Crippen molar-refractivity contribution in [3.63, 3.8) is 0 Å². The third-order valence-electron chi connectivity index (χ3n) is 4.41. The topological polar surface area (TPSA) is 93.5 Å². The van der Waals surface area contributed by atoms with E-state index in [1.54, 1.807) is 14.2 Å². The van der Waals surface area contributed by atoms with E-state index in [-0.39, 0.29) is 11.5 Å². The molecular weight excluding hydrogens is 308 g/mol. The number of aromatic nitrogens is 2. The van der Waals surface area contributed by atoms with Crippen molar-refractivity contribution in [1.82, 2.24) is 14.9 Å². The number of rotatable bonds is 4. The Bertz CT molecular complexity index is 816. The second-order valence-corrected chi connectivity index (χ2v) is 5.96. The maximum atomic E-state index is 12.1. The van der Waals surface area contributed by atoms with E-state index in [0.29, 0.717) is 25.1 Å². The molecule has 0 saturated carbocycles. The number of H-pyrrole nitrogens is 1. The molecule has 0 saturated heterocycles. The molecule has 1 aliphatic heterocycles. The molecule has 2 heterocycles. The van der Waals surface area contributed by atoms with E-state index >= 15 is 0 Å². The van der Waals surface area contributed by atoms with E-state index in [4.69, 9.17) is 15.2 Å². The maximum absolute atomic E-state index is 12.1. The molecule has 0 radical (unpaired) electrons. The molecule has 0 bridgehead atoms. The van der Waals surface area contributed by atoms with Crippen LogP contribution in [0.3, 0.4) is 0 Å². The van der Waals surface area contributed by atoms with Crippen LogP contribution in [0, 0.1) is 6.92 Å². The molecule has 0 fully saturated rings. The third-order valence-corrected chi connectivity index (χ3v) is 4.41. The van der Waals surface area contributed by atoms with Crippen molar-refractivity contribution < 1.29 is 9.47 Å². The van der Waals surface area contributed by atoms with Gasteiger partial charge < -0.3 is 15.2 Å².